The summed E-state index contributed by atoms with van der Waals surface area (Å²) in [7, 11) is 0. The van der Waals surface area contributed by atoms with Crippen LogP contribution in [0.25, 0.3) is 11.4 Å². The van der Waals surface area contributed by atoms with Crippen molar-refractivity contribution >= 4 is 30.0 Å². The highest BCUT2D eigenvalue weighted by molar-refractivity contribution is 7.71. The first-order valence-corrected chi connectivity index (χ1v) is 6.90. The summed E-state index contributed by atoms with van der Waals surface area (Å²) < 4.78 is 1.97. The van der Waals surface area contributed by atoms with Crippen LogP contribution in [0.5, 0.6) is 0 Å². The van der Waals surface area contributed by atoms with Gasteiger partial charge in [0, 0.05) is 23.0 Å². The first kappa shape index (κ1) is 13.7. The molecule has 0 aliphatic rings. The Labute approximate surface area is 130 Å². The van der Waals surface area contributed by atoms with Crippen LogP contribution in [-0.4, -0.2) is 26.1 Å². The van der Waals surface area contributed by atoms with Gasteiger partial charge in [-0.3, -0.25) is 4.98 Å². The van der Waals surface area contributed by atoms with Gasteiger partial charge in [-0.05, 0) is 42.0 Å². The zero-order chi connectivity index (χ0) is 14.7. The average Bonchev–Trinajstić information content (AvgIpc) is 2.87. The first-order valence-electron chi connectivity index (χ1n) is 6.12. The van der Waals surface area contributed by atoms with Crippen molar-refractivity contribution in [2.45, 2.75) is 0 Å². The summed E-state index contributed by atoms with van der Waals surface area (Å²) in [6.07, 6.45) is 5.10. The van der Waals surface area contributed by atoms with Crippen LogP contribution in [0.2, 0.25) is 5.02 Å². The lowest BCUT2D eigenvalue weighted by molar-refractivity contribution is 0.871. The summed E-state index contributed by atoms with van der Waals surface area (Å²) in [6, 6.07) is 11.1. The lowest BCUT2D eigenvalue weighted by Gasteiger charge is -2.01. The molecule has 5 nitrogen and oxygen atoms in total. The summed E-state index contributed by atoms with van der Waals surface area (Å²) in [4.78, 5) is 3.96. The summed E-state index contributed by atoms with van der Waals surface area (Å²) in [6.45, 7) is 0. The smallest absolute Gasteiger partial charge is 0.216 e. The van der Waals surface area contributed by atoms with Crippen LogP contribution in [0.1, 0.15) is 5.56 Å². The van der Waals surface area contributed by atoms with Crippen LogP contribution in [0.3, 0.4) is 0 Å². The number of hydrogen-bond donors (Lipinski definition) is 1. The van der Waals surface area contributed by atoms with E-state index in [9.17, 15) is 0 Å². The Morgan fingerprint density at radius 2 is 2.05 bits per heavy atom. The average molecular weight is 316 g/mol. The van der Waals surface area contributed by atoms with Crippen LogP contribution < -0.4 is 0 Å². The second-order valence-electron chi connectivity index (χ2n) is 4.20. The van der Waals surface area contributed by atoms with Crippen LogP contribution in [0.15, 0.2) is 53.9 Å². The normalized spacial score (nSPS) is 11.1. The third kappa shape index (κ3) is 3.07. The molecule has 0 radical (unpaired) electrons. The van der Waals surface area contributed by atoms with Crippen molar-refractivity contribution in [2.24, 2.45) is 5.10 Å². The second kappa shape index (κ2) is 5.99. The van der Waals surface area contributed by atoms with E-state index in [1.54, 1.807) is 29.4 Å². The van der Waals surface area contributed by atoms with E-state index in [1.165, 1.54) is 0 Å². The summed E-state index contributed by atoms with van der Waals surface area (Å²) in [5, 5.41) is 11.9. The Bertz CT molecular complexity index is 838. The molecule has 21 heavy (non-hydrogen) atoms. The third-order valence-corrected chi connectivity index (χ3v) is 3.26. The molecule has 2 aromatic heterocycles. The molecule has 104 valence electrons. The Hall–Kier alpha value is -2.31. The summed E-state index contributed by atoms with van der Waals surface area (Å²) >= 11 is 11.2. The van der Waals surface area contributed by atoms with E-state index in [1.807, 2.05) is 30.3 Å². The molecule has 0 amide bonds. The monoisotopic (exact) mass is 315 g/mol. The number of aromatic nitrogens is 4. The summed E-state index contributed by atoms with van der Waals surface area (Å²) in [5.41, 5.74) is 1.76. The maximum absolute atomic E-state index is 6.01. The van der Waals surface area contributed by atoms with E-state index in [-0.39, 0.29) is 0 Å². The zero-order valence-corrected chi connectivity index (χ0v) is 12.3. The molecule has 3 rings (SSSR count). The van der Waals surface area contributed by atoms with Gasteiger partial charge in [0.25, 0.3) is 0 Å². The molecule has 0 spiro atoms. The zero-order valence-electron chi connectivity index (χ0n) is 10.8. The highest BCUT2D eigenvalue weighted by atomic mass is 35.5. The molecule has 7 heteroatoms. The van der Waals surface area contributed by atoms with Gasteiger partial charge < -0.3 is 0 Å². The van der Waals surface area contributed by atoms with E-state index in [4.69, 9.17) is 23.8 Å². The minimum absolute atomic E-state index is 0.412. The second-order valence-corrected chi connectivity index (χ2v) is 5.02. The molecule has 0 aliphatic carbocycles. The van der Waals surface area contributed by atoms with Crippen molar-refractivity contribution in [1.29, 1.82) is 0 Å². The van der Waals surface area contributed by atoms with E-state index >= 15 is 0 Å². The third-order valence-electron chi connectivity index (χ3n) is 2.76. The fraction of sp³-hybridized carbons (Fsp3) is 0. The van der Waals surface area contributed by atoms with E-state index < -0.39 is 0 Å². The van der Waals surface area contributed by atoms with Gasteiger partial charge in [0.1, 0.15) is 0 Å². The molecule has 3 aromatic rings. The molecule has 1 N–H and O–H groups in total. The number of nitrogens with zero attached hydrogens (tertiary/aromatic N) is 4. The lowest BCUT2D eigenvalue weighted by atomic mass is 10.2. The van der Waals surface area contributed by atoms with Gasteiger partial charge >= 0.3 is 0 Å². The van der Waals surface area contributed by atoms with Crippen LogP contribution in [0.4, 0.5) is 0 Å². The topological polar surface area (TPSA) is 58.9 Å². The number of benzene rings is 1. The fourth-order valence-electron chi connectivity index (χ4n) is 1.79. The van der Waals surface area contributed by atoms with Gasteiger partial charge in [-0.2, -0.15) is 14.9 Å². The highest BCUT2D eigenvalue weighted by Gasteiger charge is 2.08. The lowest BCUT2D eigenvalue weighted by Crippen LogP contribution is -1.95. The maximum Gasteiger partial charge on any atom is 0.216 e. The number of pyridine rings is 1. The molecular weight excluding hydrogens is 306 g/mol. The standard InChI is InChI=1S/C14H10ClN5S/c15-12-3-1-2-11(8-12)13-18-19-14(21)20(13)17-9-10-4-6-16-7-5-10/h1-9H,(H,19,21). The van der Waals surface area contributed by atoms with E-state index in [0.717, 1.165) is 11.1 Å². The largest absolute Gasteiger partial charge is 0.265 e. The van der Waals surface area contributed by atoms with Gasteiger partial charge in [-0.1, -0.05) is 23.7 Å². The minimum atomic E-state index is 0.412. The van der Waals surface area contributed by atoms with Crippen molar-refractivity contribution < 1.29 is 0 Å². The molecule has 0 unspecified atom stereocenters. The van der Waals surface area contributed by atoms with Gasteiger partial charge in [0.2, 0.25) is 4.77 Å². The molecular formula is C14H10ClN5S. The number of halogens is 1. The first-order chi connectivity index (χ1) is 10.2. The Morgan fingerprint density at radius 1 is 1.24 bits per heavy atom. The molecule has 0 saturated carbocycles. The predicted molar refractivity (Wildman–Crippen MR) is 85.1 cm³/mol. The molecule has 1 aromatic carbocycles. The van der Waals surface area contributed by atoms with E-state index in [0.29, 0.717) is 15.6 Å². The maximum atomic E-state index is 6.01. The van der Waals surface area contributed by atoms with Crippen LogP contribution >= 0.6 is 23.8 Å². The Kier molecular flexibility index (Phi) is 3.89. The quantitative estimate of drug-likeness (QED) is 0.594. The Balaban J connectivity index is 2.02. The van der Waals surface area contributed by atoms with E-state index in [2.05, 4.69) is 20.3 Å². The molecule has 2 heterocycles. The van der Waals surface area contributed by atoms with Crippen molar-refractivity contribution in [1.82, 2.24) is 19.9 Å². The molecule has 0 saturated heterocycles. The van der Waals surface area contributed by atoms with Crippen molar-refractivity contribution in [2.75, 3.05) is 0 Å². The number of aromatic amines is 1. The van der Waals surface area contributed by atoms with Gasteiger partial charge in [-0.15, -0.1) is 0 Å². The number of hydrogen-bond acceptors (Lipinski definition) is 4. The molecule has 0 fully saturated rings. The van der Waals surface area contributed by atoms with Crippen molar-refractivity contribution in [3.63, 3.8) is 0 Å². The number of rotatable bonds is 3. The highest BCUT2D eigenvalue weighted by Crippen LogP contribution is 2.21. The summed E-state index contributed by atoms with van der Waals surface area (Å²) in [5.74, 6) is 0.604. The SMILES string of the molecule is S=c1[nH]nc(-c2cccc(Cl)c2)n1N=Cc1ccncc1. The fourth-order valence-corrected chi connectivity index (χ4v) is 2.16. The minimum Gasteiger partial charge on any atom is -0.265 e. The van der Waals surface area contributed by atoms with Crippen molar-refractivity contribution in [3.05, 3.63) is 64.1 Å². The molecule has 0 atom stereocenters. The van der Waals surface area contributed by atoms with Gasteiger partial charge in [0.15, 0.2) is 5.82 Å². The predicted octanol–water partition coefficient (Wildman–Crippen LogP) is 3.54. The number of nitrogens with one attached hydrogen (secondary N) is 1. The molecule has 0 aliphatic heterocycles. The van der Waals surface area contributed by atoms with Crippen LogP contribution in [-0.2, 0) is 0 Å². The Morgan fingerprint density at radius 3 is 2.81 bits per heavy atom. The van der Waals surface area contributed by atoms with Gasteiger partial charge in [-0.25, -0.2) is 5.10 Å². The molecule has 0 bridgehead atoms. The van der Waals surface area contributed by atoms with Crippen LogP contribution in [0, 0.1) is 4.77 Å². The van der Waals surface area contributed by atoms with Crippen molar-refractivity contribution in [3.8, 4) is 11.4 Å². The van der Waals surface area contributed by atoms with Gasteiger partial charge in [0.05, 0.1) is 6.21 Å². The number of H-pyrrole nitrogens is 1.